The Morgan fingerprint density at radius 2 is 2.21 bits per heavy atom. The second-order valence-corrected chi connectivity index (χ2v) is 5.64. The van der Waals surface area contributed by atoms with E-state index >= 15 is 0 Å². The molecule has 0 saturated carbocycles. The van der Waals surface area contributed by atoms with Gasteiger partial charge in [-0.3, -0.25) is 4.90 Å². The lowest BCUT2D eigenvalue weighted by atomic mass is 9.90. The zero-order chi connectivity index (χ0) is 13.7. The number of para-hydroxylation sites is 1. The van der Waals surface area contributed by atoms with Crippen LogP contribution in [-0.4, -0.2) is 38.2 Å². The van der Waals surface area contributed by atoms with Crippen molar-refractivity contribution in [3.05, 3.63) is 35.9 Å². The summed E-state index contributed by atoms with van der Waals surface area (Å²) in [5.41, 5.74) is 7.26. The minimum Gasteiger partial charge on any atom is -0.496 e. The number of methoxy groups -OCH3 is 1. The maximum absolute atomic E-state index is 5.83. The Kier molecular flexibility index (Phi) is 4.61. The first kappa shape index (κ1) is 14.1. The summed E-state index contributed by atoms with van der Waals surface area (Å²) in [5.74, 6) is 0.923. The molecule has 1 aliphatic heterocycles. The normalized spacial score (nSPS) is 24.2. The van der Waals surface area contributed by atoms with Gasteiger partial charge in [-0.05, 0) is 31.0 Å². The Morgan fingerprint density at radius 1 is 1.42 bits per heavy atom. The highest BCUT2D eigenvalue weighted by atomic mass is 16.5. The Hall–Kier alpha value is -1.32. The molecule has 104 valence electrons. The van der Waals surface area contributed by atoms with Crippen LogP contribution in [0.3, 0.4) is 0 Å². The Balaban J connectivity index is 1.91. The van der Waals surface area contributed by atoms with Gasteiger partial charge in [-0.25, -0.2) is 0 Å². The molecule has 1 aromatic rings. The summed E-state index contributed by atoms with van der Waals surface area (Å²) in [6.45, 7) is 6.27. The number of hydrogen-bond donors (Lipinski definition) is 1. The fourth-order valence-corrected chi connectivity index (χ4v) is 2.58. The van der Waals surface area contributed by atoms with Crippen molar-refractivity contribution < 1.29 is 4.74 Å². The predicted octanol–water partition coefficient (Wildman–Crippen LogP) is 2.38. The fraction of sp³-hybridized carbons (Fsp3) is 0.500. The van der Waals surface area contributed by atoms with Gasteiger partial charge >= 0.3 is 0 Å². The van der Waals surface area contributed by atoms with Crippen LogP contribution in [0.1, 0.15) is 18.9 Å². The molecule has 2 rings (SSSR count). The molecule has 1 fully saturated rings. The highest BCUT2D eigenvalue weighted by Gasteiger charge is 2.31. The summed E-state index contributed by atoms with van der Waals surface area (Å²) in [7, 11) is 1.71. The first-order valence-corrected chi connectivity index (χ1v) is 6.89. The Morgan fingerprint density at radius 3 is 2.89 bits per heavy atom. The second-order valence-electron chi connectivity index (χ2n) is 5.64. The summed E-state index contributed by atoms with van der Waals surface area (Å²) in [6.07, 6.45) is 5.54. The van der Waals surface area contributed by atoms with Gasteiger partial charge < -0.3 is 10.5 Å². The quantitative estimate of drug-likeness (QED) is 0.883. The molecule has 1 atom stereocenters. The lowest BCUT2D eigenvalue weighted by Gasteiger charge is -2.21. The van der Waals surface area contributed by atoms with E-state index in [0.29, 0.717) is 5.41 Å². The first-order chi connectivity index (χ1) is 9.17. The molecule has 19 heavy (non-hydrogen) atoms. The number of likely N-dealkylation sites (tertiary alicyclic amines) is 1. The molecule has 3 nitrogen and oxygen atoms in total. The molecule has 0 aliphatic carbocycles. The van der Waals surface area contributed by atoms with Crippen LogP contribution in [0.5, 0.6) is 5.75 Å². The molecule has 1 aliphatic rings. The van der Waals surface area contributed by atoms with Gasteiger partial charge in [0.1, 0.15) is 5.75 Å². The average molecular weight is 260 g/mol. The molecule has 3 heteroatoms. The topological polar surface area (TPSA) is 38.5 Å². The molecule has 0 spiro atoms. The van der Waals surface area contributed by atoms with E-state index in [1.165, 1.54) is 6.42 Å². The number of rotatable bonds is 5. The van der Waals surface area contributed by atoms with E-state index < -0.39 is 0 Å². The van der Waals surface area contributed by atoms with Gasteiger partial charge in [0, 0.05) is 18.7 Å². The zero-order valence-electron chi connectivity index (χ0n) is 11.9. The van der Waals surface area contributed by atoms with Crippen LogP contribution in [0.2, 0.25) is 0 Å². The van der Waals surface area contributed by atoms with E-state index in [1.54, 1.807) is 7.11 Å². The number of nitrogens with two attached hydrogens (primary N) is 1. The molecule has 0 radical (unpaired) electrons. The molecule has 1 unspecified atom stereocenters. The van der Waals surface area contributed by atoms with Gasteiger partial charge in [0.2, 0.25) is 0 Å². The van der Waals surface area contributed by atoms with Crippen molar-refractivity contribution in [2.75, 3.05) is 33.3 Å². The van der Waals surface area contributed by atoms with Crippen molar-refractivity contribution in [1.82, 2.24) is 4.90 Å². The minimum absolute atomic E-state index is 0.304. The number of benzene rings is 1. The summed E-state index contributed by atoms with van der Waals surface area (Å²) in [4.78, 5) is 2.46. The van der Waals surface area contributed by atoms with Crippen molar-refractivity contribution in [3.63, 3.8) is 0 Å². The lowest BCUT2D eigenvalue weighted by Crippen LogP contribution is -2.31. The molecule has 1 heterocycles. The van der Waals surface area contributed by atoms with Crippen molar-refractivity contribution >= 4 is 6.08 Å². The predicted molar refractivity (Wildman–Crippen MR) is 80.2 cm³/mol. The van der Waals surface area contributed by atoms with Gasteiger partial charge in [0.05, 0.1) is 7.11 Å². The van der Waals surface area contributed by atoms with Crippen LogP contribution >= 0.6 is 0 Å². The van der Waals surface area contributed by atoms with Crippen molar-refractivity contribution in [2.45, 2.75) is 13.3 Å². The van der Waals surface area contributed by atoms with Gasteiger partial charge in [-0.15, -0.1) is 0 Å². The zero-order valence-corrected chi connectivity index (χ0v) is 11.9. The molecule has 1 saturated heterocycles. The van der Waals surface area contributed by atoms with Crippen LogP contribution in [-0.2, 0) is 0 Å². The standard InChI is InChI=1S/C16H24N2O/c1-16(12-17)9-11-18(13-16)10-5-7-14-6-3-4-8-15(14)19-2/h3-8H,9-13,17H2,1-2H3/b7-5+. The molecule has 0 aromatic heterocycles. The monoisotopic (exact) mass is 260 g/mol. The number of hydrogen-bond acceptors (Lipinski definition) is 3. The van der Waals surface area contributed by atoms with E-state index in [2.05, 4.69) is 30.0 Å². The molecule has 0 amide bonds. The summed E-state index contributed by atoms with van der Waals surface area (Å²) in [6, 6.07) is 8.08. The highest BCUT2D eigenvalue weighted by Crippen LogP contribution is 2.28. The van der Waals surface area contributed by atoms with Crippen LogP contribution < -0.4 is 10.5 Å². The van der Waals surface area contributed by atoms with Crippen LogP contribution in [0.15, 0.2) is 30.3 Å². The molecule has 1 aromatic carbocycles. The fourth-order valence-electron chi connectivity index (χ4n) is 2.58. The van der Waals surface area contributed by atoms with Gasteiger partial charge in [0.15, 0.2) is 0 Å². The van der Waals surface area contributed by atoms with E-state index in [-0.39, 0.29) is 0 Å². The van der Waals surface area contributed by atoms with Crippen LogP contribution in [0.4, 0.5) is 0 Å². The molecular formula is C16H24N2O. The van der Waals surface area contributed by atoms with Crippen molar-refractivity contribution in [2.24, 2.45) is 11.1 Å². The third-order valence-corrected chi connectivity index (χ3v) is 3.93. The van der Waals surface area contributed by atoms with Crippen molar-refractivity contribution in [1.29, 1.82) is 0 Å². The third-order valence-electron chi connectivity index (χ3n) is 3.93. The number of nitrogens with zero attached hydrogens (tertiary/aromatic N) is 1. The molecular weight excluding hydrogens is 236 g/mol. The maximum atomic E-state index is 5.83. The van der Waals surface area contributed by atoms with E-state index in [4.69, 9.17) is 10.5 Å². The van der Waals surface area contributed by atoms with E-state index in [0.717, 1.165) is 37.5 Å². The Bertz CT molecular complexity index is 444. The molecule has 0 bridgehead atoms. The lowest BCUT2D eigenvalue weighted by molar-refractivity contribution is 0.300. The second kappa shape index (κ2) is 6.22. The summed E-state index contributed by atoms with van der Waals surface area (Å²) in [5, 5.41) is 0. The van der Waals surface area contributed by atoms with Gasteiger partial charge in [0.25, 0.3) is 0 Å². The van der Waals surface area contributed by atoms with Gasteiger partial charge in [-0.1, -0.05) is 37.3 Å². The van der Waals surface area contributed by atoms with Crippen LogP contribution in [0, 0.1) is 5.41 Å². The number of ether oxygens (including phenoxy) is 1. The molecule has 2 N–H and O–H groups in total. The smallest absolute Gasteiger partial charge is 0.126 e. The van der Waals surface area contributed by atoms with Crippen LogP contribution in [0.25, 0.3) is 6.08 Å². The third kappa shape index (κ3) is 3.58. The first-order valence-electron chi connectivity index (χ1n) is 6.89. The highest BCUT2D eigenvalue weighted by molar-refractivity contribution is 5.57. The maximum Gasteiger partial charge on any atom is 0.126 e. The van der Waals surface area contributed by atoms with E-state index in [9.17, 15) is 0 Å². The summed E-state index contributed by atoms with van der Waals surface area (Å²) >= 11 is 0. The van der Waals surface area contributed by atoms with Gasteiger partial charge in [-0.2, -0.15) is 0 Å². The largest absolute Gasteiger partial charge is 0.496 e. The van der Waals surface area contributed by atoms with Crippen molar-refractivity contribution in [3.8, 4) is 5.75 Å². The Labute approximate surface area is 116 Å². The minimum atomic E-state index is 0.304. The van der Waals surface area contributed by atoms with E-state index in [1.807, 2.05) is 18.2 Å². The summed E-state index contributed by atoms with van der Waals surface area (Å²) < 4.78 is 5.34. The average Bonchev–Trinajstić information content (AvgIpc) is 2.82. The SMILES string of the molecule is COc1ccccc1/C=C/CN1CCC(C)(CN)C1.